The van der Waals surface area contributed by atoms with Crippen molar-refractivity contribution in [2.45, 2.75) is 39.2 Å². The molecule has 1 aliphatic rings. The molecule has 1 saturated heterocycles. The van der Waals surface area contributed by atoms with E-state index in [9.17, 15) is 4.79 Å². The Morgan fingerprint density at radius 3 is 2.80 bits per heavy atom. The molecule has 3 rings (SSSR count). The number of pyridine rings is 1. The average molecular weight is 388 g/mol. The largest absolute Gasteiger partial charge is 0.338 e. The number of carbonyl (C=O) groups is 1. The summed E-state index contributed by atoms with van der Waals surface area (Å²) in [5.41, 5.74) is 7.89. The third-order valence-electron chi connectivity index (χ3n) is 4.60. The third-order valence-corrected chi connectivity index (χ3v) is 4.60. The first-order valence-corrected chi connectivity index (χ1v) is 8.42. The van der Waals surface area contributed by atoms with E-state index < -0.39 is 0 Å². The van der Waals surface area contributed by atoms with E-state index in [-0.39, 0.29) is 30.7 Å². The number of likely N-dealkylation sites (tertiary alicyclic amines) is 1. The minimum atomic E-state index is 0. The van der Waals surface area contributed by atoms with Gasteiger partial charge in [0.25, 0.3) is 5.91 Å². The van der Waals surface area contributed by atoms with Gasteiger partial charge in [-0.1, -0.05) is 0 Å². The molecule has 2 aromatic rings. The Morgan fingerprint density at radius 2 is 2.12 bits per heavy atom. The van der Waals surface area contributed by atoms with Crippen molar-refractivity contribution >= 4 is 41.9 Å². The van der Waals surface area contributed by atoms with Crippen LogP contribution in [0.5, 0.6) is 0 Å². The minimum Gasteiger partial charge on any atom is -0.338 e. The summed E-state index contributed by atoms with van der Waals surface area (Å²) in [6.07, 6.45) is 6.66. The van der Waals surface area contributed by atoms with E-state index in [0.717, 1.165) is 43.5 Å². The molecule has 0 aromatic carbocycles. The molecule has 0 bridgehead atoms. The van der Waals surface area contributed by atoms with Gasteiger partial charge in [0.1, 0.15) is 5.52 Å². The average Bonchev–Trinajstić information content (AvgIpc) is 2.98. The highest BCUT2D eigenvalue weighted by Crippen LogP contribution is 2.22. The molecular formula is C17H27Cl2N5O. The summed E-state index contributed by atoms with van der Waals surface area (Å²) >= 11 is 0. The number of amides is 1. The fourth-order valence-electron chi connectivity index (χ4n) is 3.32. The lowest BCUT2D eigenvalue weighted by molar-refractivity contribution is 0.0669. The predicted octanol–water partition coefficient (Wildman–Crippen LogP) is 3.06. The molecule has 3 heterocycles. The van der Waals surface area contributed by atoms with E-state index in [1.54, 1.807) is 12.5 Å². The van der Waals surface area contributed by atoms with Crippen molar-refractivity contribution in [2.24, 2.45) is 11.7 Å². The topological polar surface area (TPSA) is 77.0 Å². The number of nitrogens with zero attached hydrogens (tertiary/aromatic N) is 4. The zero-order chi connectivity index (χ0) is 16.4. The van der Waals surface area contributed by atoms with Crippen molar-refractivity contribution in [1.29, 1.82) is 0 Å². The second kappa shape index (κ2) is 9.36. The Hall–Kier alpha value is -1.37. The van der Waals surface area contributed by atoms with Crippen molar-refractivity contribution in [3.05, 3.63) is 24.2 Å². The second-order valence-corrected chi connectivity index (χ2v) is 6.65. The van der Waals surface area contributed by atoms with Gasteiger partial charge in [-0.15, -0.1) is 24.8 Å². The van der Waals surface area contributed by atoms with Gasteiger partial charge in [-0.05, 0) is 51.6 Å². The van der Waals surface area contributed by atoms with Crippen LogP contribution in [0.3, 0.4) is 0 Å². The normalized spacial score (nSPS) is 17.3. The van der Waals surface area contributed by atoms with Gasteiger partial charge in [0, 0.05) is 25.3 Å². The fraction of sp³-hybridized carbons (Fsp3) is 0.588. The molecule has 0 spiro atoms. The van der Waals surface area contributed by atoms with Crippen LogP contribution < -0.4 is 5.73 Å². The number of carbonyl (C=O) groups excluding carboxylic acids is 1. The highest BCUT2D eigenvalue weighted by molar-refractivity contribution is 5.96. The monoisotopic (exact) mass is 387 g/mol. The number of rotatable bonds is 4. The fourth-order valence-corrected chi connectivity index (χ4v) is 3.32. The molecule has 1 unspecified atom stereocenters. The molecule has 2 aromatic heterocycles. The molecule has 140 valence electrons. The van der Waals surface area contributed by atoms with E-state index in [4.69, 9.17) is 5.73 Å². The van der Waals surface area contributed by atoms with Crippen LogP contribution in [0.25, 0.3) is 11.2 Å². The minimum absolute atomic E-state index is 0. The van der Waals surface area contributed by atoms with Crippen LogP contribution in [0.4, 0.5) is 0 Å². The van der Waals surface area contributed by atoms with Gasteiger partial charge in [0.05, 0.1) is 11.9 Å². The lowest BCUT2D eigenvalue weighted by Crippen LogP contribution is -2.40. The first-order valence-electron chi connectivity index (χ1n) is 8.42. The zero-order valence-corrected chi connectivity index (χ0v) is 16.4. The van der Waals surface area contributed by atoms with Gasteiger partial charge in [0.15, 0.2) is 5.65 Å². The number of hydrogen-bond acceptors (Lipinski definition) is 4. The summed E-state index contributed by atoms with van der Waals surface area (Å²) in [5.74, 6) is 0.578. The van der Waals surface area contributed by atoms with Crippen molar-refractivity contribution < 1.29 is 4.79 Å². The Labute approximate surface area is 161 Å². The molecule has 0 saturated carbocycles. The Morgan fingerprint density at radius 1 is 1.36 bits per heavy atom. The van der Waals surface area contributed by atoms with Gasteiger partial charge in [-0.25, -0.2) is 9.97 Å². The van der Waals surface area contributed by atoms with Crippen LogP contribution in [-0.2, 0) is 0 Å². The summed E-state index contributed by atoms with van der Waals surface area (Å²) in [6.45, 7) is 6.49. The van der Waals surface area contributed by atoms with Gasteiger partial charge < -0.3 is 15.2 Å². The van der Waals surface area contributed by atoms with E-state index in [2.05, 4.69) is 23.8 Å². The van der Waals surface area contributed by atoms with Crippen molar-refractivity contribution in [3.8, 4) is 0 Å². The maximum Gasteiger partial charge on any atom is 0.255 e. The van der Waals surface area contributed by atoms with Gasteiger partial charge >= 0.3 is 0 Å². The smallest absolute Gasteiger partial charge is 0.255 e. The number of aromatic nitrogens is 3. The molecule has 0 aliphatic carbocycles. The summed E-state index contributed by atoms with van der Waals surface area (Å²) in [5, 5.41) is 0. The number of halogens is 2. The van der Waals surface area contributed by atoms with Crippen molar-refractivity contribution in [2.75, 3.05) is 19.6 Å². The van der Waals surface area contributed by atoms with E-state index >= 15 is 0 Å². The number of hydrogen-bond donors (Lipinski definition) is 1. The SMILES string of the molecule is CC(C)n1cnc2cc(C(=O)N3CCCC(CCN)C3)cnc21.Cl.Cl. The van der Waals surface area contributed by atoms with Crippen LogP contribution in [-0.4, -0.2) is 45.0 Å². The standard InChI is InChI=1S/C17H25N5O.2ClH/c1-12(2)22-11-20-15-8-14(9-19-16(15)22)17(23)21-7-3-4-13(10-21)5-6-18;;/h8-9,11-13H,3-7,10,18H2,1-2H3;2*1H. The molecule has 1 atom stereocenters. The van der Waals surface area contributed by atoms with E-state index in [1.165, 1.54) is 0 Å². The van der Waals surface area contributed by atoms with Crippen LogP contribution in [0.2, 0.25) is 0 Å². The number of fused-ring (bicyclic) bond motifs is 1. The molecule has 1 aliphatic heterocycles. The van der Waals surface area contributed by atoms with Crippen LogP contribution in [0, 0.1) is 5.92 Å². The Bertz CT molecular complexity index is 701. The molecule has 1 amide bonds. The Kier molecular flexibility index (Phi) is 8.12. The highest BCUT2D eigenvalue weighted by atomic mass is 35.5. The van der Waals surface area contributed by atoms with E-state index in [0.29, 0.717) is 24.1 Å². The second-order valence-electron chi connectivity index (χ2n) is 6.65. The predicted molar refractivity (Wildman–Crippen MR) is 105 cm³/mol. The molecule has 0 radical (unpaired) electrons. The van der Waals surface area contributed by atoms with Crippen molar-refractivity contribution in [1.82, 2.24) is 19.4 Å². The van der Waals surface area contributed by atoms with Gasteiger partial charge in [0.2, 0.25) is 0 Å². The highest BCUT2D eigenvalue weighted by Gasteiger charge is 2.24. The van der Waals surface area contributed by atoms with Gasteiger partial charge in [-0.2, -0.15) is 0 Å². The lowest BCUT2D eigenvalue weighted by Gasteiger charge is -2.32. The Balaban J connectivity index is 0.00000156. The summed E-state index contributed by atoms with van der Waals surface area (Å²) in [6, 6.07) is 2.16. The zero-order valence-electron chi connectivity index (χ0n) is 14.7. The number of nitrogens with two attached hydrogens (primary N) is 1. The van der Waals surface area contributed by atoms with Crippen LogP contribution in [0.1, 0.15) is 49.5 Å². The van der Waals surface area contributed by atoms with E-state index in [1.807, 2.05) is 15.5 Å². The number of imidazole rings is 1. The summed E-state index contributed by atoms with van der Waals surface area (Å²) in [4.78, 5) is 23.5. The number of piperidine rings is 1. The van der Waals surface area contributed by atoms with Crippen molar-refractivity contribution in [3.63, 3.8) is 0 Å². The molecule has 25 heavy (non-hydrogen) atoms. The molecule has 1 fully saturated rings. The third kappa shape index (κ3) is 4.63. The van der Waals surface area contributed by atoms with Gasteiger partial charge in [-0.3, -0.25) is 4.79 Å². The summed E-state index contributed by atoms with van der Waals surface area (Å²) < 4.78 is 2.02. The molecule has 8 heteroatoms. The lowest BCUT2D eigenvalue weighted by atomic mass is 9.94. The molecular weight excluding hydrogens is 361 g/mol. The summed E-state index contributed by atoms with van der Waals surface area (Å²) in [7, 11) is 0. The van der Waals surface area contributed by atoms with Crippen LogP contribution in [0.15, 0.2) is 18.6 Å². The first-order chi connectivity index (χ1) is 11.1. The quantitative estimate of drug-likeness (QED) is 0.873. The first kappa shape index (κ1) is 21.7. The molecule has 6 nitrogen and oxygen atoms in total. The maximum absolute atomic E-state index is 12.8. The molecule has 2 N–H and O–H groups in total. The maximum atomic E-state index is 12.8. The van der Waals surface area contributed by atoms with Crippen LogP contribution >= 0.6 is 24.8 Å².